The van der Waals surface area contributed by atoms with Crippen molar-refractivity contribution in [2.24, 2.45) is 0 Å². The van der Waals surface area contributed by atoms with Crippen LogP contribution in [0, 0.1) is 0 Å². The molecular formula is C16H23NO3Si. The van der Waals surface area contributed by atoms with Crippen LogP contribution in [-0.4, -0.2) is 38.1 Å². The maximum atomic E-state index is 12.3. The summed E-state index contributed by atoms with van der Waals surface area (Å²) in [6.45, 7) is 7.18. The molecule has 0 spiro atoms. The minimum atomic E-state index is -1.45. The maximum absolute atomic E-state index is 12.3. The largest absolute Gasteiger partial charge is 0.466 e. The van der Waals surface area contributed by atoms with Gasteiger partial charge in [-0.1, -0.05) is 50.0 Å². The van der Waals surface area contributed by atoms with Gasteiger partial charge in [-0.05, 0) is 5.56 Å². The molecule has 0 saturated heterocycles. The van der Waals surface area contributed by atoms with Crippen molar-refractivity contribution < 1.29 is 14.3 Å². The van der Waals surface area contributed by atoms with Crippen molar-refractivity contribution in [3.63, 3.8) is 0 Å². The second-order valence-corrected chi connectivity index (χ2v) is 11.5. The molecule has 1 aromatic rings. The molecule has 0 bridgehead atoms. The van der Waals surface area contributed by atoms with E-state index in [1.54, 1.807) is 4.90 Å². The van der Waals surface area contributed by atoms with Crippen LogP contribution in [0.25, 0.3) is 0 Å². The third kappa shape index (κ3) is 6.90. The van der Waals surface area contributed by atoms with Crippen LogP contribution >= 0.6 is 0 Å². The van der Waals surface area contributed by atoms with E-state index < -0.39 is 14.0 Å². The first-order chi connectivity index (χ1) is 9.81. The lowest BCUT2D eigenvalue weighted by molar-refractivity contribution is -0.135. The number of methoxy groups -OCH3 is 1. The Kier molecular flexibility index (Phi) is 6.36. The molecule has 1 aromatic carbocycles. The topological polar surface area (TPSA) is 46.6 Å². The minimum Gasteiger partial charge on any atom is -0.466 e. The number of nitrogens with zero attached hydrogens (tertiary/aromatic N) is 1. The summed E-state index contributed by atoms with van der Waals surface area (Å²) in [5, 5.41) is 0. The summed E-state index contributed by atoms with van der Waals surface area (Å²) in [6, 6.07) is 9.85. The molecule has 0 N–H and O–H groups in total. The Hall–Kier alpha value is -1.88. The van der Waals surface area contributed by atoms with Gasteiger partial charge in [0.15, 0.2) is 0 Å². The van der Waals surface area contributed by atoms with Gasteiger partial charge in [0, 0.05) is 24.9 Å². The van der Waals surface area contributed by atoms with Gasteiger partial charge < -0.3 is 9.64 Å². The van der Waals surface area contributed by atoms with Crippen molar-refractivity contribution in [3.8, 4) is 0 Å². The molecule has 0 aliphatic carbocycles. The van der Waals surface area contributed by atoms with Crippen molar-refractivity contribution >= 4 is 20.0 Å². The van der Waals surface area contributed by atoms with E-state index in [0.29, 0.717) is 6.54 Å². The molecule has 0 saturated carbocycles. The fourth-order valence-corrected chi connectivity index (χ4v) is 3.31. The minimum absolute atomic E-state index is 0.160. The van der Waals surface area contributed by atoms with Gasteiger partial charge in [-0.2, -0.15) is 0 Å². The van der Waals surface area contributed by atoms with Crippen LogP contribution in [0.1, 0.15) is 5.56 Å². The number of hydrogen-bond donors (Lipinski definition) is 0. The molecule has 0 radical (unpaired) electrons. The van der Waals surface area contributed by atoms with E-state index in [1.807, 2.05) is 30.3 Å². The molecule has 1 rings (SSSR count). The predicted octanol–water partition coefficient (Wildman–Crippen LogP) is 2.62. The zero-order valence-corrected chi connectivity index (χ0v) is 14.1. The van der Waals surface area contributed by atoms with Gasteiger partial charge in [0.25, 0.3) is 0 Å². The van der Waals surface area contributed by atoms with Crippen molar-refractivity contribution in [1.29, 1.82) is 0 Å². The van der Waals surface area contributed by atoms with Crippen molar-refractivity contribution in [1.82, 2.24) is 4.90 Å². The third-order valence-electron chi connectivity index (χ3n) is 2.76. The van der Waals surface area contributed by atoms with Crippen LogP contribution < -0.4 is 0 Å². The monoisotopic (exact) mass is 305 g/mol. The summed E-state index contributed by atoms with van der Waals surface area (Å²) in [4.78, 5) is 25.2. The SMILES string of the molecule is COC(=O)/C=C\C(=O)N(Cc1ccccc1)C[Si](C)(C)C. The Morgan fingerprint density at radius 3 is 2.29 bits per heavy atom. The molecule has 21 heavy (non-hydrogen) atoms. The Labute approximate surface area is 127 Å². The predicted molar refractivity (Wildman–Crippen MR) is 86.4 cm³/mol. The van der Waals surface area contributed by atoms with Crippen molar-refractivity contribution in [3.05, 3.63) is 48.0 Å². The molecule has 0 heterocycles. The van der Waals surface area contributed by atoms with E-state index in [4.69, 9.17) is 0 Å². The summed E-state index contributed by atoms with van der Waals surface area (Å²) in [6.07, 6.45) is 3.20. The second kappa shape index (κ2) is 7.78. The molecule has 0 aromatic heterocycles. The molecule has 0 aliphatic heterocycles. The standard InChI is InChI=1S/C16H23NO3Si/c1-20-16(19)11-10-15(18)17(13-21(2,3)4)12-14-8-6-5-7-9-14/h5-11H,12-13H2,1-4H3/b11-10-. The molecule has 114 valence electrons. The Morgan fingerprint density at radius 1 is 1.14 bits per heavy atom. The molecule has 0 unspecified atom stereocenters. The first kappa shape index (κ1) is 17.2. The quantitative estimate of drug-likeness (QED) is 0.461. The molecule has 5 heteroatoms. The number of amides is 1. The van der Waals surface area contributed by atoms with Crippen molar-refractivity contribution in [2.45, 2.75) is 26.2 Å². The number of benzene rings is 1. The van der Waals surface area contributed by atoms with Gasteiger partial charge in [-0.25, -0.2) is 4.79 Å². The number of carbonyl (C=O) groups is 2. The number of rotatable bonds is 6. The Balaban J connectivity index is 2.84. The summed E-state index contributed by atoms with van der Waals surface area (Å²) in [7, 11) is -0.154. The molecule has 1 amide bonds. The number of carbonyl (C=O) groups excluding carboxylic acids is 2. The average Bonchev–Trinajstić information content (AvgIpc) is 2.43. The van der Waals surface area contributed by atoms with Crippen LogP contribution in [0.3, 0.4) is 0 Å². The average molecular weight is 305 g/mol. The van der Waals surface area contributed by atoms with Gasteiger partial charge in [0.05, 0.1) is 15.2 Å². The van der Waals surface area contributed by atoms with Crippen LogP contribution in [0.4, 0.5) is 0 Å². The summed E-state index contributed by atoms with van der Waals surface area (Å²) in [5.74, 6) is -0.678. The van der Waals surface area contributed by atoms with Crippen LogP contribution in [0.2, 0.25) is 19.6 Å². The first-order valence-electron chi connectivity index (χ1n) is 6.91. The highest BCUT2D eigenvalue weighted by Gasteiger charge is 2.21. The molecular weight excluding hydrogens is 282 g/mol. The highest BCUT2D eigenvalue weighted by molar-refractivity contribution is 6.76. The molecule has 0 fully saturated rings. The van der Waals surface area contributed by atoms with Gasteiger partial charge in [-0.3, -0.25) is 4.79 Å². The smallest absolute Gasteiger partial charge is 0.330 e. The molecule has 0 atom stereocenters. The molecule has 4 nitrogen and oxygen atoms in total. The fourth-order valence-electron chi connectivity index (χ4n) is 1.90. The lowest BCUT2D eigenvalue weighted by Crippen LogP contribution is -2.42. The van der Waals surface area contributed by atoms with E-state index in [2.05, 4.69) is 24.4 Å². The highest BCUT2D eigenvalue weighted by atomic mass is 28.3. The Morgan fingerprint density at radius 2 is 1.76 bits per heavy atom. The second-order valence-electron chi connectivity index (χ2n) is 6.10. The van der Waals surface area contributed by atoms with E-state index in [-0.39, 0.29) is 5.91 Å². The number of esters is 1. The zero-order valence-electron chi connectivity index (χ0n) is 13.1. The van der Waals surface area contributed by atoms with Gasteiger partial charge in [0.2, 0.25) is 5.91 Å². The van der Waals surface area contributed by atoms with Gasteiger partial charge in [-0.15, -0.1) is 0 Å². The first-order valence-corrected chi connectivity index (χ1v) is 10.6. The van der Waals surface area contributed by atoms with Crippen molar-refractivity contribution in [2.75, 3.05) is 13.3 Å². The lowest BCUT2D eigenvalue weighted by atomic mass is 10.2. The highest BCUT2D eigenvalue weighted by Crippen LogP contribution is 2.10. The summed E-state index contributed by atoms with van der Waals surface area (Å²) < 4.78 is 4.51. The lowest BCUT2D eigenvalue weighted by Gasteiger charge is -2.28. The fraction of sp³-hybridized carbons (Fsp3) is 0.375. The van der Waals surface area contributed by atoms with Crippen LogP contribution in [-0.2, 0) is 20.9 Å². The van der Waals surface area contributed by atoms with E-state index in [9.17, 15) is 9.59 Å². The summed E-state index contributed by atoms with van der Waals surface area (Å²) >= 11 is 0. The van der Waals surface area contributed by atoms with Gasteiger partial charge >= 0.3 is 5.97 Å². The normalized spacial score (nSPS) is 11.4. The van der Waals surface area contributed by atoms with E-state index >= 15 is 0 Å². The molecule has 0 aliphatic rings. The van der Waals surface area contributed by atoms with E-state index in [1.165, 1.54) is 19.3 Å². The van der Waals surface area contributed by atoms with Crippen LogP contribution in [0.15, 0.2) is 42.5 Å². The van der Waals surface area contributed by atoms with Gasteiger partial charge in [0.1, 0.15) is 0 Å². The third-order valence-corrected chi connectivity index (χ3v) is 4.09. The summed E-state index contributed by atoms with van der Waals surface area (Å²) in [5.41, 5.74) is 1.08. The van der Waals surface area contributed by atoms with Crippen LogP contribution in [0.5, 0.6) is 0 Å². The van der Waals surface area contributed by atoms with E-state index in [0.717, 1.165) is 11.7 Å². The number of hydrogen-bond acceptors (Lipinski definition) is 3. The number of ether oxygens (including phenoxy) is 1. The maximum Gasteiger partial charge on any atom is 0.330 e. The Bertz CT molecular complexity index is 506. The zero-order chi connectivity index (χ0) is 15.9.